The van der Waals surface area contributed by atoms with Crippen molar-refractivity contribution in [2.24, 2.45) is 0 Å². The van der Waals surface area contributed by atoms with Crippen molar-refractivity contribution in [1.82, 2.24) is 30.8 Å². The summed E-state index contributed by atoms with van der Waals surface area (Å²) in [4.78, 5) is 53.4. The summed E-state index contributed by atoms with van der Waals surface area (Å²) in [7, 11) is 0. The van der Waals surface area contributed by atoms with Gasteiger partial charge >= 0.3 is 0 Å². The van der Waals surface area contributed by atoms with Crippen LogP contribution in [-0.4, -0.2) is 78.8 Å². The number of hydrogen-bond acceptors (Lipinski definition) is 10. The van der Waals surface area contributed by atoms with E-state index in [2.05, 4.69) is 31.3 Å². The summed E-state index contributed by atoms with van der Waals surface area (Å²) < 4.78 is 5.56. The lowest BCUT2D eigenvalue weighted by atomic mass is 9.99. The number of aliphatic hydroxyl groups excluding tert-OH is 1. The Morgan fingerprint density at radius 1 is 0.980 bits per heavy atom. The van der Waals surface area contributed by atoms with E-state index in [9.17, 15) is 29.6 Å². The van der Waals surface area contributed by atoms with Crippen molar-refractivity contribution in [3.05, 3.63) is 135 Å². The summed E-state index contributed by atoms with van der Waals surface area (Å²) in [5, 5.41) is 42.2. The van der Waals surface area contributed by atoms with Crippen LogP contribution in [0.15, 0.2) is 103 Å². The molecule has 3 atom stereocenters. The summed E-state index contributed by atoms with van der Waals surface area (Å²) >= 11 is 0. The molecule has 0 bridgehead atoms. The van der Waals surface area contributed by atoms with Gasteiger partial charge in [0.2, 0.25) is 5.82 Å². The normalized spacial score (nSPS) is 15.3. The van der Waals surface area contributed by atoms with E-state index in [1.165, 1.54) is 11.0 Å². The first-order valence-electron chi connectivity index (χ1n) is 15.2. The molecule has 1 aromatic heterocycles. The maximum atomic E-state index is 13.7. The second-order valence-corrected chi connectivity index (χ2v) is 11.2. The third kappa shape index (κ3) is 7.64. The van der Waals surface area contributed by atoms with Crippen molar-refractivity contribution in [3.63, 3.8) is 0 Å². The molecule has 5 aromatic rings. The monoisotopic (exact) mass is 662 g/mol. The van der Waals surface area contributed by atoms with Crippen molar-refractivity contribution in [2.45, 2.75) is 24.6 Å². The summed E-state index contributed by atoms with van der Waals surface area (Å²) in [6, 6.07) is 26.5. The summed E-state index contributed by atoms with van der Waals surface area (Å²) in [5.74, 6) is -1.91. The zero-order chi connectivity index (χ0) is 34.3. The van der Waals surface area contributed by atoms with Crippen molar-refractivity contribution >= 4 is 29.1 Å². The first-order chi connectivity index (χ1) is 23.8. The predicted octanol–water partition coefficient (Wildman–Crippen LogP) is 3.29. The van der Waals surface area contributed by atoms with Crippen molar-refractivity contribution in [2.75, 3.05) is 18.7 Å². The van der Waals surface area contributed by atoms with Crippen LogP contribution in [0.25, 0.3) is 11.4 Å². The van der Waals surface area contributed by atoms with Gasteiger partial charge in [0.25, 0.3) is 23.4 Å². The summed E-state index contributed by atoms with van der Waals surface area (Å²) in [6.07, 6.45) is -1.72. The zero-order valence-corrected chi connectivity index (χ0v) is 25.8. The number of benzene rings is 4. The van der Waals surface area contributed by atoms with Crippen molar-refractivity contribution < 1.29 is 29.2 Å². The molecule has 15 heteroatoms. The lowest BCUT2D eigenvalue weighted by molar-refractivity contribution is -0.384. The van der Waals surface area contributed by atoms with E-state index in [1.807, 2.05) is 30.3 Å². The van der Waals surface area contributed by atoms with Crippen LogP contribution in [0.3, 0.4) is 0 Å². The van der Waals surface area contributed by atoms with Gasteiger partial charge in [-0.05, 0) is 41.0 Å². The Balaban J connectivity index is 1.25. The highest BCUT2D eigenvalue weighted by atomic mass is 16.6. The van der Waals surface area contributed by atoms with Crippen LogP contribution >= 0.6 is 0 Å². The number of nitrogens with one attached hydrogen (secondary N) is 3. The van der Waals surface area contributed by atoms with Gasteiger partial charge in [0.15, 0.2) is 6.10 Å². The molecular weight excluding hydrogens is 632 g/mol. The molecule has 1 fully saturated rings. The molecule has 0 saturated carbocycles. The number of carbonyl (C=O) groups excluding carboxylic acids is 3. The number of nitrogens with zero attached hydrogens (tertiary/aromatic N) is 5. The molecule has 6 rings (SSSR count). The highest BCUT2D eigenvalue weighted by Gasteiger charge is 2.33. The van der Waals surface area contributed by atoms with Crippen LogP contribution in [0.5, 0.6) is 0 Å². The number of nitro groups is 1. The first kappa shape index (κ1) is 32.6. The number of nitro benzene ring substituents is 1. The largest absolute Gasteiger partial charge is 0.381 e. The van der Waals surface area contributed by atoms with Gasteiger partial charge < -0.3 is 25.4 Å². The van der Waals surface area contributed by atoms with Gasteiger partial charge in [-0.2, -0.15) is 5.21 Å². The number of ether oxygens (including phenoxy) is 1. The fourth-order valence-electron chi connectivity index (χ4n) is 5.51. The van der Waals surface area contributed by atoms with Gasteiger partial charge in [-0.15, -0.1) is 10.2 Å². The summed E-state index contributed by atoms with van der Waals surface area (Å²) in [6.45, 7) is 0.196. The number of anilines is 1. The number of H-pyrrole nitrogens is 1. The number of aromatic nitrogens is 4. The Morgan fingerprint density at radius 3 is 2.43 bits per heavy atom. The fraction of sp³-hybridized carbons (Fsp3) is 0.176. The van der Waals surface area contributed by atoms with E-state index in [0.29, 0.717) is 22.6 Å². The average Bonchev–Trinajstić information content (AvgIpc) is 3.85. The van der Waals surface area contributed by atoms with E-state index >= 15 is 0 Å². The van der Waals surface area contributed by atoms with Gasteiger partial charge in [-0.25, -0.2) is 0 Å². The minimum Gasteiger partial charge on any atom is -0.381 e. The molecular formula is C34H30N8O7. The minimum absolute atomic E-state index is 0.0364. The topological polar surface area (TPSA) is 206 Å². The molecule has 1 aliphatic heterocycles. The number of aliphatic hydroxyl groups is 1. The standard InChI is InChI=1S/C34H30N8O7/c43-30(33(45)35-26-13-7-12-23(16-26)31-37-39-40-38-31)28(14-21-8-3-1-4-9-21)36-32(44)24-15-25(18-27(17-24)42(47)48)34(46)41-20-49-19-29(41)22-10-5-2-6-11-22/h1-13,15-18,28-30,43H,14,19-20H2,(H,35,45)(H,36,44)(H,37,38,39,40)/t28-,29+,30-/m0/s1. The van der Waals surface area contributed by atoms with E-state index in [0.717, 1.165) is 17.7 Å². The Morgan fingerprint density at radius 2 is 1.71 bits per heavy atom. The number of aromatic amines is 1. The van der Waals surface area contributed by atoms with Gasteiger partial charge in [-0.3, -0.25) is 24.5 Å². The third-order valence-electron chi connectivity index (χ3n) is 7.96. The molecule has 0 radical (unpaired) electrons. The predicted molar refractivity (Wildman–Crippen MR) is 175 cm³/mol. The second kappa shape index (κ2) is 14.6. The summed E-state index contributed by atoms with van der Waals surface area (Å²) in [5.41, 5.74) is 1.65. The van der Waals surface area contributed by atoms with Gasteiger partial charge in [-0.1, -0.05) is 72.8 Å². The number of non-ortho nitro benzene ring substituents is 1. The SMILES string of the molecule is O=C(N[C@@H](Cc1ccccc1)[C@H](O)C(=O)Nc1cccc(-c2nn[nH]n2)c1)c1cc(C(=O)N2COC[C@@H]2c2ccccc2)cc([N+](=O)[O-])c1. The molecule has 1 aliphatic rings. The number of tetrazole rings is 1. The average molecular weight is 663 g/mol. The number of carbonyl (C=O) groups is 3. The molecule has 4 N–H and O–H groups in total. The third-order valence-corrected chi connectivity index (χ3v) is 7.96. The quantitative estimate of drug-likeness (QED) is 0.120. The van der Waals surface area contributed by atoms with Crippen molar-refractivity contribution in [3.8, 4) is 11.4 Å². The van der Waals surface area contributed by atoms with Gasteiger partial charge in [0.1, 0.15) is 6.73 Å². The molecule has 49 heavy (non-hydrogen) atoms. The van der Waals surface area contributed by atoms with Crippen LogP contribution in [0, 0.1) is 10.1 Å². The van der Waals surface area contributed by atoms with Crippen LogP contribution in [0.4, 0.5) is 11.4 Å². The highest BCUT2D eigenvalue weighted by molar-refractivity contribution is 6.01. The van der Waals surface area contributed by atoms with Crippen LogP contribution < -0.4 is 10.6 Å². The molecule has 15 nitrogen and oxygen atoms in total. The molecule has 0 spiro atoms. The van der Waals surface area contributed by atoms with Gasteiger partial charge in [0, 0.05) is 34.5 Å². The molecule has 3 amide bonds. The molecule has 0 aliphatic carbocycles. The van der Waals surface area contributed by atoms with E-state index in [4.69, 9.17) is 4.74 Å². The van der Waals surface area contributed by atoms with Crippen molar-refractivity contribution in [1.29, 1.82) is 0 Å². The lowest BCUT2D eigenvalue weighted by Crippen LogP contribution is -2.50. The minimum atomic E-state index is -1.76. The van der Waals surface area contributed by atoms with E-state index in [-0.39, 0.29) is 30.9 Å². The smallest absolute Gasteiger partial charge is 0.271 e. The van der Waals surface area contributed by atoms with Crippen LogP contribution in [-0.2, 0) is 16.0 Å². The van der Waals surface area contributed by atoms with Crippen LogP contribution in [0.2, 0.25) is 0 Å². The molecule has 248 valence electrons. The molecule has 4 aromatic carbocycles. The maximum absolute atomic E-state index is 13.7. The number of rotatable bonds is 11. The Kier molecular flexibility index (Phi) is 9.73. The van der Waals surface area contributed by atoms with E-state index in [1.54, 1.807) is 54.6 Å². The fourth-order valence-corrected chi connectivity index (χ4v) is 5.51. The van der Waals surface area contributed by atoms with Crippen LogP contribution in [0.1, 0.15) is 37.9 Å². The van der Waals surface area contributed by atoms with E-state index < -0.39 is 46.5 Å². The first-order valence-corrected chi connectivity index (χ1v) is 15.2. The molecule has 2 heterocycles. The van der Waals surface area contributed by atoms with Gasteiger partial charge in [0.05, 0.1) is 23.6 Å². The zero-order valence-electron chi connectivity index (χ0n) is 25.8. The molecule has 1 saturated heterocycles. The maximum Gasteiger partial charge on any atom is 0.271 e. The Hall–Kier alpha value is -6.32. The number of amides is 3. The Bertz CT molecular complexity index is 1960. The highest BCUT2D eigenvalue weighted by Crippen LogP contribution is 2.29. The lowest BCUT2D eigenvalue weighted by Gasteiger charge is -2.25. The second-order valence-electron chi connectivity index (χ2n) is 11.2. The number of hydrogen-bond donors (Lipinski definition) is 4. The molecule has 0 unspecified atom stereocenters. The Labute approximate surface area is 279 Å².